The van der Waals surface area contributed by atoms with Crippen molar-refractivity contribution in [3.05, 3.63) is 47.4 Å². The lowest BCUT2D eigenvalue weighted by molar-refractivity contribution is 0.0996. The Labute approximate surface area is 115 Å². The number of carbonyl (C=O) groups is 1. The molecule has 2 rings (SSSR count). The molecule has 0 unspecified atom stereocenters. The molecule has 0 aliphatic rings. The van der Waals surface area contributed by atoms with E-state index in [9.17, 15) is 9.18 Å². The number of terminal acetylenes is 1. The average molecular weight is 269 g/mol. The lowest BCUT2D eigenvalue weighted by atomic mass is 10.1. The average Bonchev–Trinajstić information content (AvgIpc) is 2.46. The molecule has 0 aliphatic heterocycles. The molecule has 0 aliphatic carbocycles. The highest BCUT2D eigenvalue weighted by atomic mass is 19.1. The molecular formula is C15H12FN3O. The van der Waals surface area contributed by atoms with E-state index in [-0.39, 0.29) is 17.1 Å². The van der Waals surface area contributed by atoms with Gasteiger partial charge in [-0.1, -0.05) is 18.1 Å². The minimum absolute atomic E-state index is 0.0185. The minimum atomic E-state index is -0.733. The van der Waals surface area contributed by atoms with Gasteiger partial charge in [0.1, 0.15) is 5.69 Å². The smallest absolute Gasteiger partial charge is 0.269 e. The summed E-state index contributed by atoms with van der Waals surface area (Å²) in [6.45, 7) is 0. The van der Waals surface area contributed by atoms with Crippen LogP contribution in [-0.4, -0.2) is 17.9 Å². The van der Waals surface area contributed by atoms with Crippen molar-refractivity contribution < 1.29 is 9.18 Å². The molecule has 100 valence electrons. The van der Waals surface area contributed by atoms with E-state index in [2.05, 4.69) is 16.2 Å². The number of aromatic nitrogens is 1. The quantitative estimate of drug-likeness (QED) is 0.837. The molecule has 0 atom stereocenters. The summed E-state index contributed by atoms with van der Waals surface area (Å²) in [5.41, 5.74) is 6.60. The maximum absolute atomic E-state index is 14.1. The van der Waals surface area contributed by atoms with E-state index in [1.165, 1.54) is 6.07 Å². The number of hydrogen-bond donors (Lipinski definition) is 2. The van der Waals surface area contributed by atoms with Crippen molar-refractivity contribution in [3.8, 4) is 23.6 Å². The topological polar surface area (TPSA) is 68.0 Å². The molecular weight excluding hydrogens is 257 g/mol. The van der Waals surface area contributed by atoms with Crippen LogP contribution in [0.25, 0.3) is 11.3 Å². The first kappa shape index (κ1) is 13.6. The maximum Gasteiger partial charge on any atom is 0.269 e. The molecule has 1 heterocycles. The van der Waals surface area contributed by atoms with Crippen molar-refractivity contribution in [2.24, 2.45) is 5.73 Å². The van der Waals surface area contributed by atoms with Gasteiger partial charge >= 0.3 is 0 Å². The summed E-state index contributed by atoms with van der Waals surface area (Å²) in [6.07, 6.45) is 5.31. The van der Waals surface area contributed by atoms with Crippen LogP contribution in [0.3, 0.4) is 0 Å². The third kappa shape index (κ3) is 2.45. The Morgan fingerprint density at radius 3 is 2.80 bits per heavy atom. The number of pyridine rings is 1. The zero-order valence-corrected chi connectivity index (χ0v) is 10.8. The van der Waals surface area contributed by atoms with Crippen LogP contribution in [-0.2, 0) is 0 Å². The van der Waals surface area contributed by atoms with Crippen molar-refractivity contribution in [1.82, 2.24) is 4.98 Å². The number of hydrogen-bond acceptors (Lipinski definition) is 3. The second-order valence-electron chi connectivity index (χ2n) is 4.05. The number of rotatable bonds is 3. The monoisotopic (exact) mass is 269 g/mol. The summed E-state index contributed by atoms with van der Waals surface area (Å²) in [4.78, 5) is 15.4. The third-order valence-corrected chi connectivity index (χ3v) is 2.78. The van der Waals surface area contributed by atoms with E-state index >= 15 is 0 Å². The molecule has 2 aromatic rings. The van der Waals surface area contributed by atoms with Gasteiger partial charge in [-0.05, 0) is 12.1 Å². The fraction of sp³-hybridized carbons (Fsp3) is 0.0667. The van der Waals surface area contributed by atoms with Crippen LogP contribution in [0.2, 0.25) is 0 Å². The highest BCUT2D eigenvalue weighted by molar-refractivity contribution is 5.97. The van der Waals surface area contributed by atoms with Crippen molar-refractivity contribution >= 4 is 11.6 Å². The number of halogens is 1. The Morgan fingerprint density at radius 2 is 2.20 bits per heavy atom. The first-order valence-corrected chi connectivity index (χ1v) is 5.82. The van der Waals surface area contributed by atoms with Gasteiger partial charge in [0.05, 0.1) is 5.69 Å². The molecule has 0 spiro atoms. The van der Waals surface area contributed by atoms with Gasteiger partial charge in [-0.3, -0.25) is 4.79 Å². The van der Waals surface area contributed by atoms with Crippen molar-refractivity contribution in [2.75, 3.05) is 12.4 Å². The van der Waals surface area contributed by atoms with Crippen molar-refractivity contribution in [1.29, 1.82) is 0 Å². The Morgan fingerprint density at radius 1 is 1.45 bits per heavy atom. The van der Waals surface area contributed by atoms with Gasteiger partial charge in [-0.2, -0.15) is 0 Å². The molecule has 0 fully saturated rings. The van der Waals surface area contributed by atoms with Crippen molar-refractivity contribution in [3.63, 3.8) is 0 Å². The molecule has 1 aromatic heterocycles. The molecule has 20 heavy (non-hydrogen) atoms. The standard InChI is InChI=1S/C15H12FN3O/c1-3-9-5-4-6-10(7-9)13-11(16)8-12(18-2)14(19-13)15(17)20/h1,4-8,18H,2H3,(H2,17,20). The Balaban J connectivity index is 2.65. The summed E-state index contributed by atoms with van der Waals surface area (Å²) in [6, 6.07) is 7.89. The van der Waals surface area contributed by atoms with E-state index in [4.69, 9.17) is 12.2 Å². The number of nitrogens with one attached hydrogen (secondary N) is 1. The molecule has 1 aromatic carbocycles. The maximum atomic E-state index is 14.1. The number of carbonyl (C=O) groups excluding carboxylic acids is 1. The Bertz CT molecular complexity index is 720. The van der Waals surface area contributed by atoms with Gasteiger partial charge < -0.3 is 11.1 Å². The summed E-state index contributed by atoms with van der Waals surface area (Å²) < 4.78 is 14.1. The summed E-state index contributed by atoms with van der Waals surface area (Å²) in [5, 5.41) is 2.68. The number of amides is 1. The second kappa shape index (κ2) is 5.41. The molecule has 1 amide bonds. The molecule has 4 nitrogen and oxygen atoms in total. The Hall–Kier alpha value is -2.87. The summed E-state index contributed by atoms with van der Waals surface area (Å²) in [5.74, 6) is 1.17. The lowest BCUT2D eigenvalue weighted by Crippen LogP contribution is -2.16. The van der Waals surface area contributed by atoms with E-state index in [1.807, 2.05) is 0 Å². The minimum Gasteiger partial charge on any atom is -0.386 e. The fourth-order valence-electron chi connectivity index (χ4n) is 1.83. The normalized spacial score (nSPS) is 9.85. The second-order valence-corrected chi connectivity index (χ2v) is 4.05. The molecule has 5 heteroatoms. The first-order chi connectivity index (χ1) is 9.56. The van der Waals surface area contributed by atoms with E-state index in [0.29, 0.717) is 11.1 Å². The van der Waals surface area contributed by atoms with Crippen LogP contribution < -0.4 is 11.1 Å². The highest BCUT2D eigenvalue weighted by Crippen LogP contribution is 2.25. The first-order valence-electron chi connectivity index (χ1n) is 5.82. The van der Waals surface area contributed by atoms with Crippen LogP contribution in [0.5, 0.6) is 0 Å². The number of anilines is 1. The highest BCUT2D eigenvalue weighted by Gasteiger charge is 2.16. The van der Waals surface area contributed by atoms with Gasteiger partial charge in [0.2, 0.25) is 0 Å². The largest absolute Gasteiger partial charge is 0.386 e. The van der Waals surface area contributed by atoms with Gasteiger partial charge in [0.15, 0.2) is 11.5 Å². The number of nitrogens with two attached hydrogens (primary N) is 1. The van der Waals surface area contributed by atoms with Crippen LogP contribution in [0.1, 0.15) is 16.1 Å². The number of nitrogens with zero attached hydrogens (tertiary/aromatic N) is 1. The van der Waals surface area contributed by atoms with Crippen LogP contribution in [0.15, 0.2) is 30.3 Å². The van der Waals surface area contributed by atoms with Gasteiger partial charge in [0, 0.05) is 24.2 Å². The number of benzene rings is 1. The summed E-state index contributed by atoms with van der Waals surface area (Å²) >= 11 is 0. The Kier molecular flexibility index (Phi) is 3.67. The van der Waals surface area contributed by atoms with E-state index < -0.39 is 11.7 Å². The molecule has 0 saturated heterocycles. The summed E-state index contributed by atoms with van der Waals surface area (Å²) in [7, 11) is 1.56. The van der Waals surface area contributed by atoms with E-state index in [1.54, 1.807) is 31.3 Å². The van der Waals surface area contributed by atoms with Crippen molar-refractivity contribution in [2.45, 2.75) is 0 Å². The zero-order chi connectivity index (χ0) is 14.7. The molecule has 0 saturated carbocycles. The molecule has 0 bridgehead atoms. The van der Waals surface area contributed by atoms with Gasteiger partial charge in [-0.15, -0.1) is 6.42 Å². The third-order valence-electron chi connectivity index (χ3n) is 2.78. The molecule has 0 radical (unpaired) electrons. The fourth-order valence-corrected chi connectivity index (χ4v) is 1.83. The SMILES string of the molecule is C#Cc1cccc(-c2nc(C(N)=O)c(NC)cc2F)c1. The number of primary amides is 1. The predicted octanol–water partition coefficient (Wildman–Crippen LogP) is 2.01. The van der Waals surface area contributed by atoms with Gasteiger partial charge in [-0.25, -0.2) is 9.37 Å². The zero-order valence-electron chi connectivity index (χ0n) is 10.8. The predicted molar refractivity (Wildman–Crippen MR) is 75.6 cm³/mol. The van der Waals surface area contributed by atoms with Crippen LogP contribution in [0.4, 0.5) is 10.1 Å². The van der Waals surface area contributed by atoms with Crippen LogP contribution in [0, 0.1) is 18.2 Å². The molecule has 3 N–H and O–H groups in total. The van der Waals surface area contributed by atoms with Crippen LogP contribution >= 0.6 is 0 Å². The van der Waals surface area contributed by atoms with Gasteiger partial charge in [0.25, 0.3) is 5.91 Å². The van der Waals surface area contributed by atoms with E-state index in [0.717, 1.165) is 0 Å². The lowest BCUT2D eigenvalue weighted by Gasteiger charge is -2.10.